The maximum atomic E-state index is 11.9. The monoisotopic (exact) mass is 331 g/mol. The summed E-state index contributed by atoms with van der Waals surface area (Å²) in [6.45, 7) is 9.37. The summed E-state index contributed by atoms with van der Waals surface area (Å²) < 4.78 is 28.7. The molecular formula is C13H23N4O4S+. The van der Waals surface area contributed by atoms with Crippen molar-refractivity contribution in [2.24, 2.45) is 5.41 Å². The van der Waals surface area contributed by atoms with Crippen molar-refractivity contribution in [3.63, 3.8) is 0 Å². The molecule has 2 rings (SSSR count). The fourth-order valence-corrected chi connectivity index (χ4v) is 4.12. The van der Waals surface area contributed by atoms with Gasteiger partial charge in [-0.1, -0.05) is 20.8 Å². The molecule has 1 amide bonds. The van der Waals surface area contributed by atoms with Gasteiger partial charge in [-0.3, -0.25) is 14.6 Å². The van der Waals surface area contributed by atoms with E-state index in [0.29, 0.717) is 6.54 Å². The Bertz CT molecular complexity index is 672. The van der Waals surface area contributed by atoms with E-state index in [1.54, 1.807) is 27.0 Å². The molecule has 1 aliphatic heterocycles. The Kier molecular flexibility index (Phi) is 3.97. The number of nitrogens with one attached hydrogen (secondary N) is 1. The summed E-state index contributed by atoms with van der Waals surface area (Å²) >= 11 is 0. The van der Waals surface area contributed by atoms with E-state index < -0.39 is 20.8 Å². The lowest BCUT2D eigenvalue weighted by Gasteiger charge is -2.35. The summed E-state index contributed by atoms with van der Waals surface area (Å²) in [5.74, 6) is 0.157. The minimum absolute atomic E-state index is 0.0452. The molecule has 0 atom stereocenters. The fraction of sp³-hybridized carbons (Fsp3) is 0.769. The van der Waals surface area contributed by atoms with Crippen LogP contribution < -0.4 is 15.1 Å². The Labute approximate surface area is 130 Å². The third-order valence-corrected chi connectivity index (χ3v) is 5.46. The molecule has 0 saturated carbocycles. The van der Waals surface area contributed by atoms with Gasteiger partial charge >= 0.3 is 5.88 Å². The number of anilines is 1. The molecule has 0 aliphatic carbocycles. The molecule has 1 N–H and O–H groups in total. The van der Waals surface area contributed by atoms with Crippen LogP contribution in [0, 0.1) is 5.41 Å². The highest BCUT2D eigenvalue weighted by molar-refractivity contribution is 7.91. The molecule has 8 nitrogen and oxygen atoms in total. The van der Waals surface area contributed by atoms with Crippen LogP contribution in [0.15, 0.2) is 10.7 Å². The largest absolute Gasteiger partial charge is 0.305 e. The number of amides is 1. The van der Waals surface area contributed by atoms with Gasteiger partial charge in [0, 0.05) is 5.41 Å². The lowest BCUT2D eigenvalue weighted by molar-refractivity contribution is -0.764. The molecule has 0 spiro atoms. The third-order valence-electron chi connectivity index (χ3n) is 3.51. The van der Waals surface area contributed by atoms with E-state index >= 15 is 0 Å². The standard InChI is InChI=1S/C13H22N4O4S/c1-12(2,3)11(18)14-10-8-17(15-21-10)16-6-7-22(19,20)9-13(16,4)5/h8H,6-7,9H2,1-5H3/p+1. The molecule has 1 fully saturated rings. The Morgan fingerprint density at radius 1 is 1.45 bits per heavy atom. The average molecular weight is 331 g/mol. The first kappa shape index (κ1) is 16.7. The van der Waals surface area contributed by atoms with Crippen molar-refractivity contribution >= 4 is 21.6 Å². The van der Waals surface area contributed by atoms with Crippen LogP contribution >= 0.6 is 0 Å². The van der Waals surface area contributed by atoms with Crippen LogP contribution in [0.1, 0.15) is 34.6 Å². The first-order valence-electron chi connectivity index (χ1n) is 7.09. The highest BCUT2D eigenvalue weighted by Gasteiger charge is 2.44. The molecule has 1 aliphatic rings. The number of rotatable bonds is 2. The number of carbonyl (C=O) groups excluding carboxylic acids is 1. The van der Waals surface area contributed by atoms with Gasteiger partial charge in [0.2, 0.25) is 11.2 Å². The maximum Gasteiger partial charge on any atom is 0.305 e. The van der Waals surface area contributed by atoms with Gasteiger partial charge in [-0.05, 0) is 13.8 Å². The van der Waals surface area contributed by atoms with Gasteiger partial charge < -0.3 is 0 Å². The average Bonchev–Trinajstić information content (AvgIpc) is 2.73. The van der Waals surface area contributed by atoms with E-state index in [4.69, 9.17) is 4.52 Å². The molecule has 1 aromatic rings. The summed E-state index contributed by atoms with van der Waals surface area (Å²) in [5, 5.41) is 8.34. The Hall–Kier alpha value is -1.64. The second-order valence-corrected chi connectivity index (χ2v) is 9.40. The summed E-state index contributed by atoms with van der Waals surface area (Å²) in [4.78, 5) is 13.4. The van der Waals surface area contributed by atoms with E-state index in [0.717, 1.165) is 0 Å². The van der Waals surface area contributed by atoms with Crippen molar-refractivity contribution in [2.45, 2.75) is 40.2 Å². The Balaban J connectivity index is 2.17. The van der Waals surface area contributed by atoms with E-state index in [-0.39, 0.29) is 23.3 Å². The van der Waals surface area contributed by atoms with Crippen LogP contribution in [0.2, 0.25) is 0 Å². The number of aromatic nitrogens is 2. The molecule has 1 saturated heterocycles. The van der Waals surface area contributed by atoms with Gasteiger partial charge in [0.05, 0.1) is 22.8 Å². The lowest BCUT2D eigenvalue weighted by atomic mass is 9.96. The number of carbonyl (C=O) groups is 1. The van der Waals surface area contributed by atoms with Crippen molar-refractivity contribution in [2.75, 3.05) is 28.4 Å². The van der Waals surface area contributed by atoms with Crippen LogP contribution in [-0.4, -0.2) is 43.2 Å². The molecule has 124 valence electrons. The smallest absolute Gasteiger partial charge is 0.288 e. The topological polar surface area (TPSA) is 96.4 Å². The van der Waals surface area contributed by atoms with Gasteiger partial charge in [-0.25, -0.2) is 8.42 Å². The first-order chi connectivity index (χ1) is 9.91. The van der Waals surface area contributed by atoms with E-state index in [1.165, 1.54) is 4.79 Å². The number of hydrogen-bond donors (Lipinski definition) is 1. The van der Waals surface area contributed by atoms with Gasteiger partial charge in [-0.2, -0.15) is 0 Å². The summed E-state index contributed by atoms with van der Waals surface area (Å²) in [5.41, 5.74) is -1.15. The van der Waals surface area contributed by atoms with Crippen molar-refractivity contribution in [3.8, 4) is 0 Å². The molecule has 0 radical (unpaired) electrons. The van der Waals surface area contributed by atoms with Crippen LogP contribution in [0.4, 0.5) is 5.88 Å². The SMILES string of the molecule is CC(C)(C)C(=O)Nc1c[n+](N2CCS(=O)(=O)CC2(C)C)no1. The third kappa shape index (κ3) is 3.57. The zero-order chi connectivity index (χ0) is 16.8. The van der Waals surface area contributed by atoms with Gasteiger partial charge in [-0.15, -0.1) is 5.01 Å². The molecule has 9 heteroatoms. The highest BCUT2D eigenvalue weighted by atomic mass is 32.2. The second kappa shape index (κ2) is 5.22. The normalized spacial score (nSPS) is 20.7. The van der Waals surface area contributed by atoms with E-state index in [1.807, 2.05) is 18.9 Å². The van der Waals surface area contributed by atoms with E-state index in [2.05, 4.69) is 10.6 Å². The molecule has 0 aromatic carbocycles. The van der Waals surface area contributed by atoms with Crippen molar-refractivity contribution < 1.29 is 22.5 Å². The molecule has 0 bridgehead atoms. The Morgan fingerprint density at radius 3 is 2.64 bits per heavy atom. The quantitative estimate of drug-likeness (QED) is 0.772. The predicted octanol–water partition coefficient (Wildman–Crippen LogP) is 0.0917. The second-order valence-electron chi connectivity index (χ2n) is 7.22. The van der Waals surface area contributed by atoms with E-state index in [9.17, 15) is 13.2 Å². The summed E-state index contributed by atoms with van der Waals surface area (Å²) in [6, 6.07) is 0. The zero-order valence-corrected chi connectivity index (χ0v) is 14.4. The van der Waals surface area contributed by atoms with Crippen molar-refractivity contribution in [1.29, 1.82) is 0 Å². The Morgan fingerprint density at radius 2 is 2.09 bits per heavy atom. The van der Waals surface area contributed by atoms with Crippen LogP contribution in [0.25, 0.3) is 0 Å². The predicted molar refractivity (Wildman–Crippen MR) is 80.6 cm³/mol. The molecule has 0 unspecified atom stereocenters. The summed E-state index contributed by atoms with van der Waals surface area (Å²) in [6.07, 6.45) is 1.54. The maximum absolute atomic E-state index is 11.9. The van der Waals surface area contributed by atoms with Gasteiger partial charge in [0.25, 0.3) is 6.20 Å². The minimum Gasteiger partial charge on any atom is -0.288 e. The fourth-order valence-electron chi connectivity index (χ4n) is 2.30. The molecule has 2 heterocycles. The van der Waals surface area contributed by atoms with Crippen molar-refractivity contribution in [1.82, 2.24) is 5.27 Å². The molecular weight excluding hydrogens is 308 g/mol. The van der Waals surface area contributed by atoms with Gasteiger partial charge in [0.15, 0.2) is 9.84 Å². The lowest BCUT2D eigenvalue weighted by Crippen LogP contribution is -2.72. The first-order valence-corrected chi connectivity index (χ1v) is 8.91. The molecule has 22 heavy (non-hydrogen) atoms. The van der Waals surface area contributed by atoms with Crippen LogP contribution in [0.3, 0.4) is 0 Å². The van der Waals surface area contributed by atoms with Crippen LogP contribution in [0.5, 0.6) is 0 Å². The zero-order valence-electron chi connectivity index (χ0n) is 13.6. The van der Waals surface area contributed by atoms with Crippen molar-refractivity contribution in [3.05, 3.63) is 6.20 Å². The van der Waals surface area contributed by atoms with Crippen LogP contribution in [-0.2, 0) is 14.6 Å². The number of sulfone groups is 1. The molecule has 1 aromatic heterocycles. The number of nitrogens with zero attached hydrogens (tertiary/aromatic N) is 3. The minimum atomic E-state index is -3.05. The number of hydrogen-bond acceptors (Lipinski definition) is 6. The van der Waals surface area contributed by atoms with Gasteiger partial charge in [0.1, 0.15) is 5.54 Å². The summed E-state index contributed by atoms with van der Waals surface area (Å²) in [7, 11) is -3.05. The highest BCUT2D eigenvalue weighted by Crippen LogP contribution is 2.19.